The molecular weight excluding hydrogens is 304 g/mol. The van der Waals surface area contributed by atoms with E-state index in [-0.39, 0.29) is 5.43 Å². The van der Waals surface area contributed by atoms with E-state index in [9.17, 15) is 4.79 Å². The third-order valence-electron chi connectivity index (χ3n) is 3.77. The van der Waals surface area contributed by atoms with E-state index in [0.717, 1.165) is 31.5 Å². The van der Waals surface area contributed by atoms with Gasteiger partial charge in [-0.1, -0.05) is 24.3 Å². The van der Waals surface area contributed by atoms with Crippen molar-refractivity contribution >= 4 is 48.6 Å². The van der Waals surface area contributed by atoms with Crippen molar-refractivity contribution in [1.29, 1.82) is 0 Å². The highest BCUT2D eigenvalue weighted by molar-refractivity contribution is 7.24. The van der Waals surface area contributed by atoms with Crippen LogP contribution in [-0.2, 0) is 0 Å². The maximum absolute atomic E-state index is 12.9. The Balaban J connectivity index is 1.97. The number of nitrogens with one attached hydrogen (secondary N) is 1. The zero-order valence-corrected chi connectivity index (χ0v) is 13.1. The lowest BCUT2D eigenvalue weighted by atomic mass is 10.1. The molecule has 0 saturated carbocycles. The highest BCUT2D eigenvalue weighted by Gasteiger charge is 2.10. The van der Waals surface area contributed by atoms with Crippen molar-refractivity contribution in [1.82, 2.24) is 0 Å². The maximum atomic E-state index is 12.9. The standard InChI is InChI=1S/C19H14N2OS/c20-12-5-3-6-13(11-12)21-15-8-4-10-17-18(15)19(22)14-7-1-2-9-16(14)23-17/h1-11,21H,20H2. The molecule has 3 N–H and O–H groups in total. The van der Waals surface area contributed by atoms with E-state index < -0.39 is 0 Å². The van der Waals surface area contributed by atoms with Gasteiger partial charge in [0.15, 0.2) is 5.43 Å². The molecule has 0 amide bonds. The molecule has 3 nitrogen and oxygen atoms in total. The largest absolute Gasteiger partial charge is 0.399 e. The highest BCUT2D eigenvalue weighted by atomic mass is 32.1. The molecule has 4 rings (SSSR count). The van der Waals surface area contributed by atoms with Gasteiger partial charge >= 0.3 is 0 Å². The summed E-state index contributed by atoms with van der Waals surface area (Å²) in [5.74, 6) is 0. The minimum Gasteiger partial charge on any atom is -0.399 e. The van der Waals surface area contributed by atoms with Crippen LogP contribution in [0.15, 0.2) is 71.5 Å². The van der Waals surface area contributed by atoms with E-state index in [1.54, 1.807) is 11.3 Å². The fourth-order valence-electron chi connectivity index (χ4n) is 2.72. The molecule has 0 spiro atoms. The van der Waals surface area contributed by atoms with Crippen LogP contribution in [0, 0.1) is 0 Å². The molecule has 0 atom stereocenters. The van der Waals surface area contributed by atoms with Crippen LogP contribution in [0.2, 0.25) is 0 Å². The average molecular weight is 318 g/mol. The molecule has 4 heteroatoms. The van der Waals surface area contributed by atoms with E-state index in [1.807, 2.05) is 66.7 Å². The van der Waals surface area contributed by atoms with Gasteiger partial charge in [-0.25, -0.2) is 0 Å². The lowest BCUT2D eigenvalue weighted by Gasteiger charge is -2.10. The molecule has 0 radical (unpaired) electrons. The second kappa shape index (κ2) is 5.41. The van der Waals surface area contributed by atoms with E-state index >= 15 is 0 Å². The summed E-state index contributed by atoms with van der Waals surface area (Å²) < 4.78 is 1.98. The van der Waals surface area contributed by atoms with Crippen molar-refractivity contribution in [2.24, 2.45) is 0 Å². The quantitative estimate of drug-likeness (QED) is 0.414. The first-order valence-electron chi connectivity index (χ1n) is 7.29. The van der Waals surface area contributed by atoms with E-state index in [2.05, 4.69) is 5.32 Å². The molecule has 1 heterocycles. The lowest BCUT2D eigenvalue weighted by molar-refractivity contribution is 1.57. The molecule has 0 aliphatic rings. The van der Waals surface area contributed by atoms with Crippen molar-refractivity contribution in [2.75, 3.05) is 11.1 Å². The first-order chi connectivity index (χ1) is 11.2. The molecule has 1 aromatic heterocycles. The minimum absolute atomic E-state index is 0.0568. The van der Waals surface area contributed by atoms with Crippen LogP contribution in [0.25, 0.3) is 20.2 Å². The van der Waals surface area contributed by atoms with Gasteiger partial charge in [-0.3, -0.25) is 4.79 Å². The third kappa shape index (κ3) is 2.43. The second-order valence-electron chi connectivity index (χ2n) is 5.36. The molecule has 23 heavy (non-hydrogen) atoms. The van der Waals surface area contributed by atoms with Crippen LogP contribution >= 0.6 is 11.3 Å². The summed E-state index contributed by atoms with van der Waals surface area (Å²) in [6.07, 6.45) is 0. The number of nitrogens with two attached hydrogens (primary N) is 1. The number of hydrogen-bond donors (Lipinski definition) is 2. The van der Waals surface area contributed by atoms with Crippen molar-refractivity contribution in [3.63, 3.8) is 0 Å². The topological polar surface area (TPSA) is 55.1 Å². The van der Waals surface area contributed by atoms with Crippen molar-refractivity contribution in [3.8, 4) is 0 Å². The predicted octanol–water partition coefficient (Wildman–Crippen LogP) is 4.74. The smallest absolute Gasteiger partial charge is 0.197 e. The molecule has 0 bridgehead atoms. The summed E-state index contributed by atoms with van der Waals surface area (Å²) in [5.41, 5.74) is 8.25. The van der Waals surface area contributed by atoms with Gasteiger partial charge < -0.3 is 11.1 Å². The number of hydrogen-bond acceptors (Lipinski definition) is 4. The van der Waals surface area contributed by atoms with Crippen LogP contribution in [0.5, 0.6) is 0 Å². The SMILES string of the molecule is Nc1cccc(Nc2cccc3sc4ccccc4c(=O)c23)c1. The Morgan fingerprint density at radius 1 is 0.870 bits per heavy atom. The first kappa shape index (κ1) is 13.8. The minimum atomic E-state index is 0.0568. The van der Waals surface area contributed by atoms with E-state index in [0.29, 0.717) is 5.69 Å². The van der Waals surface area contributed by atoms with Gasteiger partial charge in [0.05, 0.1) is 11.1 Å². The molecule has 0 aliphatic carbocycles. The number of anilines is 3. The Morgan fingerprint density at radius 2 is 1.65 bits per heavy atom. The molecule has 0 saturated heterocycles. The van der Waals surface area contributed by atoms with Crippen molar-refractivity contribution in [3.05, 3.63) is 77.0 Å². The monoisotopic (exact) mass is 318 g/mol. The molecular formula is C19H14N2OS. The number of benzene rings is 3. The van der Waals surface area contributed by atoms with Crippen LogP contribution in [0.1, 0.15) is 0 Å². The third-order valence-corrected chi connectivity index (χ3v) is 4.91. The molecule has 0 fully saturated rings. The van der Waals surface area contributed by atoms with E-state index in [1.165, 1.54) is 0 Å². The Kier molecular flexibility index (Phi) is 3.24. The van der Waals surface area contributed by atoms with Crippen molar-refractivity contribution < 1.29 is 0 Å². The van der Waals surface area contributed by atoms with Gasteiger partial charge in [0.2, 0.25) is 0 Å². The summed E-state index contributed by atoms with van der Waals surface area (Å²) in [6, 6.07) is 21.1. The molecule has 3 aromatic carbocycles. The van der Waals surface area contributed by atoms with Crippen LogP contribution in [-0.4, -0.2) is 0 Å². The molecule has 4 aromatic rings. The van der Waals surface area contributed by atoms with Crippen LogP contribution < -0.4 is 16.5 Å². The summed E-state index contributed by atoms with van der Waals surface area (Å²) in [5, 5.41) is 4.80. The summed E-state index contributed by atoms with van der Waals surface area (Å²) in [7, 11) is 0. The lowest BCUT2D eigenvalue weighted by Crippen LogP contribution is -2.04. The first-order valence-corrected chi connectivity index (χ1v) is 8.11. The number of nitrogen functional groups attached to an aromatic ring is 1. The maximum Gasteiger partial charge on any atom is 0.197 e. The number of fused-ring (bicyclic) bond motifs is 2. The van der Waals surface area contributed by atoms with Gasteiger partial charge in [-0.15, -0.1) is 11.3 Å². The molecule has 0 aliphatic heterocycles. The van der Waals surface area contributed by atoms with Crippen LogP contribution in [0.3, 0.4) is 0 Å². The fourth-order valence-corrected chi connectivity index (χ4v) is 3.83. The van der Waals surface area contributed by atoms with Gasteiger partial charge in [0.25, 0.3) is 0 Å². The molecule has 0 unspecified atom stereocenters. The normalized spacial score (nSPS) is 11.0. The van der Waals surface area contributed by atoms with Gasteiger partial charge in [0, 0.05) is 26.2 Å². The zero-order chi connectivity index (χ0) is 15.8. The second-order valence-corrected chi connectivity index (χ2v) is 6.44. The Bertz CT molecular complexity index is 1090. The van der Waals surface area contributed by atoms with E-state index in [4.69, 9.17) is 5.73 Å². The zero-order valence-electron chi connectivity index (χ0n) is 12.2. The summed E-state index contributed by atoms with van der Waals surface area (Å²) in [6.45, 7) is 0. The Morgan fingerprint density at radius 3 is 2.52 bits per heavy atom. The average Bonchev–Trinajstić information content (AvgIpc) is 2.55. The van der Waals surface area contributed by atoms with Gasteiger partial charge in [-0.2, -0.15) is 0 Å². The van der Waals surface area contributed by atoms with Gasteiger partial charge in [0.1, 0.15) is 0 Å². The Labute approximate surface area is 137 Å². The summed E-state index contributed by atoms with van der Waals surface area (Å²) >= 11 is 1.63. The van der Waals surface area contributed by atoms with Crippen LogP contribution in [0.4, 0.5) is 17.1 Å². The predicted molar refractivity (Wildman–Crippen MR) is 99.7 cm³/mol. The highest BCUT2D eigenvalue weighted by Crippen LogP contribution is 2.30. The fraction of sp³-hybridized carbons (Fsp3) is 0. The van der Waals surface area contributed by atoms with Gasteiger partial charge in [-0.05, 0) is 42.5 Å². The summed E-state index contributed by atoms with van der Waals surface area (Å²) in [4.78, 5) is 12.9. The number of rotatable bonds is 2. The van der Waals surface area contributed by atoms with Crippen molar-refractivity contribution in [2.45, 2.75) is 0 Å². The Hall–Kier alpha value is -2.85. The molecule has 112 valence electrons.